The number of methoxy groups -OCH3 is 1. The van der Waals surface area contributed by atoms with Crippen molar-refractivity contribution in [3.63, 3.8) is 0 Å². The van der Waals surface area contributed by atoms with Crippen molar-refractivity contribution in [2.75, 3.05) is 58.4 Å². The van der Waals surface area contributed by atoms with Gasteiger partial charge in [-0.25, -0.2) is 15.2 Å². The molecule has 3 aromatic heterocycles. The number of thiazole rings is 1. The maximum absolute atomic E-state index is 14.3. The molecule has 1 aliphatic carbocycles. The maximum Gasteiger partial charge on any atom is 0.327 e. The minimum atomic E-state index is -1.13. The largest absolute Gasteiger partial charge is 0.464 e. The molecule has 4 aromatic rings. The number of piperazine rings is 1. The minimum Gasteiger partial charge on any atom is -0.464 e. The van der Waals surface area contributed by atoms with Crippen LogP contribution in [-0.2, 0) is 43.2 Å². The van der Waals surface area contributed by atoms with Gasteiger partial charge in [0, 0.05) is 91.5 Å². The van der Waals surface area contributed by atoms with Crippen LogP contribution in [0.4, 0.5) is 5.69 Å². The lowest BCUT2D eigenvalue weighted by Gasteiger charge is -2.41. The van der Waals surface area contributed by atoms with Crippen LogP contribution in [-0.4, -0.2) is 107 Å². The second-order valence-corrected chi connectivity index (χ2v) is 19.6. The lowest BCUT2D eigenvalue weighted by atomic mass is 9.84. The summed E-state index contributed by atoms with van der Waals surface area (Å²) in [5.41, 5.74) is 9.76. The van der Waals surface area contributed by atoms with Crippen molar-refractivity contribution in [3.05, 3.63) is 52.1 Å². The number of nitrogens with zero attached hydrogens (tertiary/aromatic N) is 6. The molecule has 8 rings (SSSR count). The Kier molecular flexibility index (Phi) is 11.6. The molecule has 0 spiro atoms. The van der Waals surface area contributed by atoms with Gasteiger partial charge in [-0.3, -0.25) is 19.6 Å². The topological polar surface area (TPSA) is 134 Å². The Morgan fingerprint density at radius 2 is 1.85 bits per heavy atom. The first kappa shape index (κ1) is 42.3. The number of hydrogen-bond donors (Lipinski definition) is 2. The van der Waals surface area contributed by atoms with Gasteiger partial charge in [-0.15, -0.1) is 11.3 Å². The molecular weight excluding hydrogens is 777 g/mol. The summed E-state index contributed by atoms with van der Waals surface area (Å²) in [6, 6.07) is 8.00. The van der Waals surface area contributed by atoms with Crippen LogP contribution in [0.25, 0.3) is 33.4 Å². The van der Waals surface area contributed by atoms with Gasteiger partial charge in [0.25, 0.3) is 5.91 Å². The summed E-state index contributed by atoms with van der Waals surface area (Å²) in [7, 11) is 3.89. The summed E-state index contributed by atoms with van der Waals surface area (Å²) in [4.78, 5) is 57.0. The molecule has 6 atom stereocenters. The van der Waals surface area contributed by atoms with E-state index in [1.54, 1.807) is 7.11 Å². The third kappa shape index (κ3) is 8.08. The van der Waals surface area contributed by atoms with Crippen LogP contribution in [0.5, 0.6) is 0 Å². The van der Waals surface area contributed by atoms with Crippen molar-refractivity contribution in [1.29, 1.82) is 0 Å². The third-order valence-electron chi connectivity index (χ3n) is 13.6. The van der Waals surface area contributed by atoms with Gasteiger partial charge in [0.05, 0.1) is 46.7 Å². The molecule has 60 heavy (non-hydrogen) atoms. The Balaban J connectivity index is 1.27. The van der Waals surface area contributed by atoms with Gasteiger partial charge in [-0.05, 0) is 82.7 Å². The SMILES string of the molecule is CCn1c(-c2cc(N3CCN(C)CC3)cnc2[C@H](C)OC)c2c3cc(ccc31)-c1csc(n1)C[C@H](NC(=O)[C@H]1[C@H](C)[C@@H]1C)C(=O)N1CCC[C@@](C)(N1)C(=O)OCC(C)(C)C2. The van der Waals surface area contributed by atoms with E-state index < -0.39 is 23.0 Å². The second-order valence-electron chi connectivity index (χ2n) is 18.7. The first-order chi connectivity index (χ1) is 28.6. The number of ether oxygens (including phenoxy) is 2. The summed E-state index contributed by atoms with van der Waals surface area (Å²) in [6.45, 7) is 19.6. The van der Waals surface area contributed by atoms with E-state index in [0.29, 0.717) is 25.8 Å². The zero-order valence-electron chi connectivity index (χ0n) is 36.8. The lowest BCUT2D eigenvalue weighted by Crippen LogP contribution is -2.65. The molecule has 1 saturated carbocycles. The molecule has 0 radical (unpaired) electrons. The lowest BCUT2D eigenvalue weighted by molar-refractivity contribution is -0.162. The van der Waals surface area contributed by atoms with E-state index in [-0.39, 0.29) is 48.7 Å². The molecule has 3 aliphatic heterocycles. The smallest absolute Gasteiger partial charge is 0.327 e. The normalized spacial score (nSPS) is 26.8. The van der Waals surface area contributed by atoms with Crippen LogP contribution in [0.3, 0.4) is 0 Å². The fourth-order valence-electron chi connectivity index (χ4n) is 9.50. The van der Waals surface area contributed by atoms with Crippen molar-refractivity contribution in [3.8, 4) is 22.5 Å². The number of benzene rings is 1. The van der Waals surface area contributed by atoms with Crippen molar-refractivity contribution in [1.82, 2.24) is 35.2 Å². The number of likely N-dealkylation sites (N-methyl/N-ethyl adjacent to an activating group) is 1. The third-order valence-corrected chi connectivity index (χ3v) is 14.5. The second kappa shape index (κ2) is 16.5. The summed E-state index contributed by atoms with van der Waals surface area (Å²) in [5.74, 6) is -0.411. The van der Waals surface area contributed by atoms with E-state index in [1.807, 2.05) is 25.4 Å². The number of aryl methyl sites for hydroxylation is 1. The summed E-state index contributed by atoms with van der Waals surface area (Å²) in [6.07, 6.45) is 3.70. The number of cyclic esters (lactones) is 1. The maximum atomic E-state index is 14.3. The molecule has 14 heteroatoms. The predicted molar refractivity (Wildman–Crippen MR) is 235 cm³/mol. The van der Waals surface area contributed by atoms with E-state index >= 15 is 0 Å². The van der Waals surface area contributed by atoms with Gasteiger partial charge in [0.1, 0.15) is 11.6 Å². The summed E-state index contributed by atoms with van der Waals surface area (Å²) in [5, 5.41) is 8.51. The predicted octanol–water partition coefficient (Wildman–Crippen LogP) is 6.25. The molecule has 2 amide bonds. The van der Waals surface area contributed by atoms with Gasteiger partial charge in [0.2, 0.25) is 5.91 Å². The molecule has 6 bridgehead atoms. The van der Waals surface area contributed by atoms with Crippen LogP contribution < -0.4 is 15.6 Å². The molecule has 6 heterocycles. The number of carbonyl (C=O) groups excluding carboxylic acids is 3. The number of pyridine rings is 1. The number of amides is 2. The van der Waals surface area contributed by atoms with E-state index in [0.717, 1.165) is 88.1 Å². The highest BCUT2D eigenvalue weighted by Crippen LogP contribution is 2.46. The molecule has 13 nitrogen and oxygen atoms in total. The van der Waals surface area contributed by atoms with E-state index in [2.05, 4.69) is 91.0 Å². The van der Waals surface area contributed by atoms with Gasteiger partial charge in [-0.2, -0.15) is 0 Å². The van der Waals surface area contributed by atoms with Crippen LogP contribution in [0.15, 0.2) is 35.8 Å². The van der Waals surface area contributed by atoms with Crippen molar-refractivity contribution in [2.45, 2.75) is 98.4 Å². The quantitative estimate of drug-likeness (QED) is 0.206. The number of nitrogens with one attached hydrogen (secondary N) is 2. The Morgan fingerprint density at radius 1 is 1.10 bits per heavy atom. The van der Waals surface area contributed by atoms with Crippen molar-refractivity contribution < 1.29 is 23.9 Å². The highest BCUT2D eigenvalue weighted by atomic mass is 32.1. The fourth-order valence-corrected chi connectivity index (χ4v) is 10.3. The molecular formula is C46H62N8O5S. The van der Waals surface area contributed by atoms with Crippen molar-refractivity contribution >= 4 is 45.7 Å². The zero-order chi connectivity index (χ0) is 42.7. The molecule has 1 aromatic carbocycles. The highest BCUT2D eigenvalue weighted by molar-refractivity contribution is 7.10. The van der Waals surface area contributed by atoms with E-state index in [9.17, 15) is 14.4 Å². The summed E-state index contributed by atoms with van der Waals surface area (Å²) < 4.78 is 14.6. The number of hydrogen-bond acceptors (Lipinski definition) is 11. The average Bonchev–Trinajstić information content (AvgIpc) is 3.50. The molecule has 2 saturated heterocycles. The minimum absolute atomic E-state index is 0.116. The van der Waals surface area contributed by atoms with Crippen LogP contribution in [0.2, 0.25) is 0 Å². The molecule has 0 unspecified atom stereocenters. The van der Waals surface area contributed by atoms with Gasteiger partial charge in [-0.1, -0.05) is 33.8 Å². The standard InChI is InChI=1S/C46H62N8O5S/c1-10-53-37-13-12-30-20-32(37)34(41(53)33-21-31(24-47-40(33)29(4)58-9)52-18-16-51(8)17-19-52)23-45(5,6)26-59-44(57)46(7)14-11-15-54(50-46)43(56)35(22-38-48-36(30)25-60-38)49-42(55)39-27(2)28(39)3/h12-13,20-21,24-25,27-29,35,39,50H,10-11,14-19,22-23,26H2,1-9H3,(H,49,55)/t27-,28+,29-,35-,39+,46+/m0/s1. The number of aromatic nitrogens is 3. The van der Waals surface area contributed by atoms with Crippen LogP contribution in [0.1, 0.15) is 83.7 Å². The Hall–Kier alpha value is -4.37. The van der Waals surface area contributed by atoms with Crippen LogP contribution in [0, 0.1) is 23.2 Å². The molecule has 2 N–H and O–H groups in total. The Labute approximate surface area is 358 Å². The number of rotatable bonds is 7. The molecule has 4 aliphatic rings. The first-order valence-electron chi connectivity index (χ1n) is 21.7. The zero-order valence-corrected chi connectivity index (χ0v) is 37.6. The number of hydrazine groups is 1. The van der Waals surface area contributed by atoms with Gasteiger partial charge < -0.3 is 29.2 Å². The monoisotopic (exact) mass is 838 g/mol. The first-order valence-corrected chi connectivity index (χ1v) is 22.6. The number of esters is 1. The molecule has 3 fully saturated rings. The van der Waals surface area contributed by atoms with Crippen LogP contribution >= 0.6 is 11.3 Å². The number of fused-ring (bicyclic) bond motifs is 6. The number of anilines is 1. The van der Waals surface area contributed by atoms with Crippen molar-refractivity contribution in [2.24, 2.45) is 23.2 Å². The van der Waals surface area contributed by atoms with E-state index in [1.165, 1.54) is 16.3 Å². The highest BCUT2D eigenvalue weighted by Gasteiger charge is 2.49. The summed E-state index contributed by atoms with van der Waals surface area (Å²) >= 11 is 1.49. The Bertz CT molecular complexity index is 2270. The van der Waals surface area contributed by atoms with E-state index in [4.69, 9.17) is 19.4 Å². The fraction of sp³-hybridized carbons (Fsp3) is 0.587. The number of carbonyl (C=O) groups is 3. The average molecular weight is 839 g/mol. The Morgan fingerprint density at radius 3 is 2.55 bits per heavy atom. The van der Waals surface area contributed by atoms with Gasteiger partial charge in [0.15, 0.2) is 0 Å². The molecule has 322 valence electrons. The van der Waals surface area contributed by atoms with Gasteiger partial charge >= 0.3 is 5.97 Å².